The minimum absolute atomic E-state index is 0.225. The number of fused-ring (bicyclic) bond motifs is 1. The summed E-state index contributed by atoms with van der Waals surface area (Å²) in [5.41, 5.74) is 2.84. The molecule has 0 bridgehead atoms. The van der Waals surface area contributed by atoms with Gasteiger partial charge in [0.1, 0.15) is 5.69 Å². The molecule has 2 aromatic carbocycles. The zero-order valence-corrected chi connectivity index (χ0v) is 16.6. The highest BCUT2D eigenvalue weighted by molar-refractivity contribution is 6.39. The molecular formula is C22H17Cl2N3O. The topological polar surface area (TPSA) is 49.0 Å². The molecule has 0 radical (unpaired) electrons. The number of benzene rings is 2. The number of carbonyl (C=O) groups is 1. The van der Waals surface area contributed by atoms with Gasteiger partial charge in [-0.15, -0.1) is 0 Å². The molecule has 2 heterocycles. The molecule has 140 valence electrons. The van der Waals surface area contributed by atoms with Crippen LogP contribution in [0.4, 0.5) is 0 Å². The zero-order chi connectivity index (χ0) is 19.7. The van der Waals surface area contributed by atoms with Gasteiger partial charge in [0.15, 0.2) is 0 Å². The monoisotopic (exact) mass is 409 g/mol. The fraction of sp³-hybridized carbons (Fsp3) is 0.0909. The Hall–Kier alpha value is -2.82. The van der Waals surface area contributed by atoms with Crippen molar-refractivity contribution in [1.82, 2.24) is 14.9 Å². The standard InChI is InChI=1S/C22H17Cl2N3O/c1-27(21(14-7-3-2-4-8-14)18-9-5-6-12-25-18)22(28)20-19(24)16-13-15(23)10-11-17(16)26-20/h2-13,21,26H,1H3. The lowest BCUT2D eigenvalue weighted by atomic mass is 10.0. The third-order valence-corrected chi connectivity index (χ3v) is 5.33. The second-order valence-electron chi connectivity index (χ2n) is 6.49. The van der Waals surface area contributed by atoms with Crippen LogP contribution in [0.15, 0.2) is 72.9 Å². The first-order valence-corrected chi connectivity index (χ1v) is 9.51. The van der Waals surface area contributed by atoms with Crippen LogP contribution in [-0.2, 0) is 0 Å². The molecule has 1 amide bonds. The van der Waals surface area contributed by atoms with E-state index in [0.717, 1.165) is 22.2 Å². The van der Waals surface area contributed by atoms with E-state index in [1.807, 2.05) is 54.6 Å². The predicted molar refractivity (Wildman–Crippen MR) is 113 cm³/mol. The van der Waals surface area contributed by atoms with Gasteiger partial charge in [0.2, 0.25) is 0 Å². The third kappa shape index (κ3) is 3.37. The minimum Gasteiger partial charge on any atom is -0.349 e. The van der Waals surface area contributed by atoms with E-state index < -0.39 is 0 Å². The molecule has 28 heavy (non-hydrogen) atoms. The SMILES string of the molecule is CN(C(=O)c1[nH]c2ccc(Cl)cc2c1Cl)C(c1ccccc1)c1ccccn1. The molecule has 4 rings (SSSR count). The van der Waals surface area contributed by atoms with Crippen LogP contribution in [0.2, 0.25) is 10.0 Å². The summed E-state index contributed by atoms with van der Waals surface area (Å²) >= 11 is 12.6. The maximum absolute atomic E-state index is 13.4. The maximum atomic E-state index is 13.4. The van der Waals surface area contributed by atoms with Crippen molar-refractivity contribution in [3.63, 3.8) is 0 Å². The van der Waals surface area contributed by atoms with E-state index >= 15 is 0 Å². The van der Waals surface area contributed by atoms with Crippen molar-refractivity contribution in [2.45, 2.75) is 6.04 Å². The van der Waals surface area contributed by atoms with Crippen LogP contribution in [0.5, 0.6) is 0 Å². The Kier molecular flexibility index (Phi) is 5.07. The summed E-state index contributed by atoms with van der Waals surface area (Å²) in [5, 5.41) is 1.65. The summed E-state index contributed by atoms with van der Waals surface area (Å²) in [7, 11) is 1.75. The molecule has 0 aliphatic heterocycles. The first kappa shape index (κ1) is 18.5. The quantitative estimate of drug-likeness (QED) is 0.467. The van der Waals surface area contributed by atoms with Crippen LogP contribution in [0.1, 0.15) is 27.8 Å². The second kappa shape index (κ2) is 7.66. The van der Waals surface area contributed by atoms with Gasteiger partial charge in [0.05, 0.1) is 16.8 Å². The van der Waals surface area contributed by atoms with Crippen LogP contribution in [0.25, 0.3) is 10.9 Å². The van der Waals surface area contributed by atoms with Gasteiger partial charge in [0, 0.05) is 29.2 Å². The summed E-state index contributed by atoms with van der Waals surface area (Å²) in [4.78, 5) is 22.6. The summed E-state index contributed by atoms with van der Waals surface area (Å²) in [6.45, 7) is 0. The molecular weight excluding hydrogens is 393 g/mol. The lowest BCUT2D eigenvalue weighted by Gasteiger charge is -2.28. The number of hydrogen-bond acceptors (Lipinski definition) is 2. The van der Waals surface area contributed by atoms with E-state index in [4.69, 9.17) is 23.2 Å². The average molecular weight is 410 g/mol. The lowest BCUT2D eigenvalue weighted by molar-refractivity contribution is 0.0748. The average Bonchev–Trinajstić information content (AvgIpc) is 3.05. The van der Waals surface area contributed by atoms with Crippen LogP contribution < -0.4 is 0 Å². The summed E-state index contributed by atoms with van der Waals surface area (Å²) in [6, 6.07) is 20.5. The normalized spacial score (nSPS) is 12.1. The molecule has 4 nitrogen and oxygen atoms in total. The van der Waals surface area contributed by atoms with Crippen molar-refractivity contribution >= 4 is 40.0 Å². The summed E-state index contributed by atoms with van der Waals surface area (Å²) < 4.78 is 0. The fourth-order valence-electron chi connectivity index (χ4n) is 3.34. The maximum Gasteiger partial charge on any atom is 0.272 e. The highest BCUT2D eigenvalue weighted by atomic mass is 35.5. The van der Waals surface area contributed by atoms with Crippen LogP contribution in [0.3, 0.4) is 0 Å². The van der Waals surface area contributed by atoms with Crippen molar-refractivity contribution in [2.75, 3.05) is 7.05 Å². The number of nitrogens with zero attached hydrogens (tertiary/aromatic N) is 2. The number of hydrogen-bond donors (Lipinski definition) is 1. The highest BCUT2D eigenvalue weighted by Gasteiger charge is 2.28. The van der Waals surface area contributed by atoms with E-state index in [-0.39, 0.29) is 11.9 Å². The number of aromatic amines is 1. The van der Waals surface area contributed by atoms with Gasteiger partial charge < -0.3 is 9.88 Å². The van der Waals surface area contributed by atoms with Crippen molar-refractivity contribution < 1.29 is 4.79 Å². The largest absolute Gasteiger partial charge is 0.349 e. The molecule has 0 spiro atoms. The van der Waals surface area contributed by atoms with Crippen LogP contribution in [-0.4, -0.2) is 27.8 Å². The van der Waals surface area contributed by atoms with Gasteiger partial charge in [-0.1, -0.05) is 59.6 Å². The molecule has 0 aliphatic carbocycles. The van der Waals surface area contributed by atoms with Gasteiger partial charge >= 0.3 is 0 Å². The first-order valence-electron chi connectivity index (χ1n) is 8.76. The number of aromatic nitrogens is 2. The smallest absolute Gasteiger partial charge is 0.272 e. The number of rotatable bonds is 4. The summed E-state index contributed by atoms with van der Waals surface area (Å²) in [5.74, 6) is -0.225. The van der Waals surface area contributed by atoms with Crippen molar-refractivity contribution in [3.05, 3.63) is 99.9 Å². The Bertz CT molecular complexity index is 1090. The number of pyridine rings is 1. The predicted octanol–water partition coefficient (Wildman–Crippen LogP) is 5.73. The molecule has 1 atom stereocenters. The molecule has 6 heteroatoms. The van der Waals surface area contributed by atoms with E-state index in [2.05, 4.69) is 9.97 Å². The van der Waals surface area contributed by atoms with Crippen molar-refractivity contribution in [1.29, 1.82) is 0 Å². The second-order valence-corrected chi connectivity index (χ2v) is 7.30. The van der Waals surface area contributed by atoms with E-state index in [1.54, 1.807) is 30.3 Å². The molecule has 1 unspecified atom stereocenters. The van der Waals surface area contributed by atoms with E-state index in [9.17, 15) is 4.79 Å². The lowest BCUT2D eigenvalue weighted by Crippen LogP contribution is -2.32. The molecule has 0 aliphatic rings. The van der Waals surface area contributed by atoms with Crippen molar-refractivity contribution in [2.24, 2.45) is 0 Å². The Labute approximate surface area is 172 Å². The van der Waals surface area contributed by atoms with E-state index in [1.165, 1.54) is 0 Å². The third-order valence-electron chi connectivity index (χ3n) is 4.70. The molecule has 4 aromatic rings. The number of nitrogens with one attached hydrogen (secondary N) is 1. The van der Waals surface area contributed by atoms with Gasteiger partial charge in [-0.25, -0.2) is 0 Å². The van der Waals surface area contributed by atoms with Gasteiger partial charge in [-0.05, 0) is 35.9 Å². The Morgan fingerprint density at radius 3 is 2.50 bits per heavy atom. The molecule has 0 fully saturated rings. The highest BCUT2D eigenvalue weighted by Crippen LogP contribution is 2.33. The number of halogens is 2. The van der Waals surface area contributed by atoms with Crippen LogP contribution in [0, 0.1) is 0 Å². The van der Waals surface area contributed by atoms with Gasteiger partial charge in [0.25, 0.3) is 5.91 Å². The Morgan fingerprint density at radius 1 is 1.04 bits per heavy atom. The molecule has 1 N–H and O–H groups in total. The number of carbonyl (C=O) groups excluding carboxylic acids is 1. The number of amides is 1. The molecule has 0 saturated heterocycles. The van der Waals surface area contributed by atoms with E-state index in [0.29, 0.717) is 15.7 Å². The molecule has 2 aromatic heterocycles. The fourth-order valence-corrected chi connectivity index (χ4v) is 3.79. The van der Waals surface area contributed by atoms with Crippen molar-refractivity contribution in [3.8, 4) is 0 Å². The van der Waals surface area contributed by atoms with Gasteiger partial charge in [-0.2, -0.15) is 0 Å². The first-order chi connectivity index (χ1) is 13.6. The Morgan fingerprint density at radius 2 is 1.79 bits per heavy atom. The minimum atomic E-state index is -0.346. The zero-order valence-electron chi connectivity index (χ0n) is 15.1. The van der Waals surface area contributed by atoms with Gasteiger partial charge in [-0.3, -0.25) is 9.78 Å². The summed E-state index contributed by atoms with van der Waals surface area (Å²) in [6.07, 6.45) is 1.72. The Balaban J connectivity index is 1.78. The molecule has 0 saturated carbocycles. The van der Waals surface area contributed by atoms with Crippen LogP contribution >= 0.6 is 23.2 Å². The number of H-pyrrole nitrogens is 1.